The van der Waals surface area contributed by atoms with Crippen molar-refractivity contribution in [2.75, 3.05) is 14.2 Å². The first-order valence-corrected chi connectivity index (χ1v) is 8.66. The van der Waals surface area contributed by atoms with E-state index in [1.807, 2.05) is 0 Å². The van der Waals surface area contributed by atoms with Crippen molar-refractivity contribution in [1.29, 1.82) is 0 Å². The summed E-state index contributed by atoms with van der Waals surface area (Å²) >= 11 is 0. The Bertz CT molecular complexity index is 1130. The molecule has 0 radical (unpaired) electrons. The highest BCUT2D eigenvalue weighted by molar-refractivity contribution is 5.99. The molecular formula is C20H19F3N2O4. The van der Waals surface area contributed by atoms with Crippen molar-refractivity contribution >= 4 is 16.9 Å². The molecule has 0 bridgehead atoms. The van der Waals surface area contributed by atoms with E-state index >= 15 is 0 Å². The topological polar surface area (TPSA) is 62.5 Å². The van der Waals surface area contributed by atoms with Crippen LogP contribution in [0.3, 0.4) is 0 Å². The maximum absolute atomic E-state index is 12.8. The van der Waals surface area contributed by atoms with Crippen molar-refractivity contribution in [2.24, 2.45) is 0 Å². The van der Waals surface area contributed by atoms with Crippen molar-refractivity contribution in [2.45, 2.75) is 26.2 Å². The number of alkyl halides is 3. The molecule has 29 heavy (non-hydrogen) atoms. The zero-order valence-corrected chi connectivity index (χ0v) is 16.0. The third-order valence-electron chi connectivity index (χ3n) is 4.67. The molecule has 0 N–H and O–H groups in total. The van der Waals surface area contributed by atoms with Gasteiger partial charge in [0.1, 0.15) is 18.8 Å². The second-order valence-corrected chi connectivity index (χ2v) is 6.50. The minimum absolute atomic E-state index is 0.0622. The van der Waals surface area contributed by atoms with Crippen molar-refractivity contribution in [3.8, 4) is 16.9 Å². The third-order valence-corrected chi connectivity index (χ3v) is 4.67. The highest BCUT2D eigenvalue weighted by Crippen LogP contribution is 2.36. The van der Waals surface area contributed by atoms with E-state index in [2.05, 4.69) is 0 Å². The summed E-state index contributed by atoms with van der Waals surface area (Å²) < 4.78 is 50.9. The van der Waals surface area contributed by atoms with Crippen LogP contribution in [0.2, 0.25) is 0 Å². The number of fused-ring (bicyclic) bond motifs is 1. The predicted molar refractivity (Wildman–Crippen MR) is 101 cm³/mol. The van der Waals surface area contributed by atoms with Crippen LogP contribution in [0.15, 0.2) is 41.3 Å². The summed E-state index contributed by atoms with van der Waals surface area (Å²) in [7, 11) is 2.78. The number of ether oxygens (including phenoxy) is 2. The number of benzene rings is 1. The molecule has 0 aliphatic carbocycles. The summed E-state index contributed by atoms with van der Waals surface area (Å²) in [6, 6.07) is 7.80. The van der Waals surface area contributed by atoms with E-state index < -0.39 is 24.2 Å². The molecule has 0 amide bonds. The van der Waals surface area contributed by atoms with E-state index in [9.17, 15) is 22.8 Å². The van der Waals surface area contributed by atoms with Crippen LogP contribution in [-0.4, -0.2) is 35.5 Å². The van der Waals surface area contributed by atoms with Crippen molar-refractivity contribution < 1.29 is 27.4 Å². The highest BCUT2D eigenvalue weighted by atomic mass is 19.4. The maximum atomic E-state index is 12.8. The van der Waals surface area contributed by atoms with Gasteiger partial charge in [0, 0.05) is 40.0 Å². The van der Waals surface area contributed by atoms with E-state index in [1.54, 1.807) is 29.7 Å². The Hall–Kier alpha value is -3.23. The normalized spacial score (nSPS) is 11.7. The number of pyridine rings is 1. The summed E-state index contributed by atoms with van der Waals surface area (Å²) in [5.41, 5.74) is 1.62. The first kappa shape index (κ1) is 20.5. The van der Waals surface area contributed by atoms with Gasteiger partial charge in [-0.2, -0.15) is 13.2 Å². The lowest BCUT2D eigenvalue weighted by atomic mass is 10.0. The summed E-state index contributed by atoms with van der Waals surface area (Å²) in [5.74, 6) is 0.0898. The molecule has 0 aliphatic rings. The van der Waals surface area contributed by atoms with E-state index in [0.717, 1.165) is 6.07 Å². The zero-order valence-electron chi connectivity index (χ0n) is 16.0. The first-order chi connectivity index (χ1) is 13.6. The van der Waals surface area contributed by atoms with Crippen LogP contribution in [0.25, 0.3) is 22.0 Å². The molecule has 0 saturated carbocycles. The van der Waals surface area contributed by atoms with Gasteiger partial charge < -0.3 is 18.6 Å². The van der Waals surface area contributed by atoms with Gasteiger partial charge in [0.15, 0.2) is 0 Å². The number of aromatic nitrogens is 2. The quantitative estimate of drug-likeness (QED) is 0.606. The summed E-state index contributed by atoms with van der Waals surface area (Å²) in [6.45, 7) is 0.306. The standard InChI is InChI=1S/C20H19F3N2O4/c1-12-19(13-4-7-17(26)24(9-13)11-20(21,22)23)15-8-14(28-2)5-6-16(15)25(12)10-18(27)29-3/h4-9H,10-11H2,1-3H3. The lowest BCUT2D eigenvalue weighted by Gasteiger charge is -2.11. The third kappa shape index (κ3) is 4.13. The average molecular weight is 408 g/mol. The van der Waals surface area contributed by atoms with Crippen LogP contribution in [0, 0.1) is 6.92 Å². The van der Waals surface area contributed by atoms with Gasteiger partial charge in [-0.1, -0.05) is 0 Å². The molecule has 0 fully saturated rings. The number of esters is 1. The molecule has 6 nitrogen and oxygen atoms in total. The molecule has 2 aromatic heterocycles. The minimum atomic E-state index is -4.53. The summed E-state index contributed by atoms with van der Waals surface area (Å²) in [6.07, 6.45) is -3.35. The Balaban J connectivity index is 2.26. The molecule has 2 heterocycles. The van der Waals surface area contributed by atoms with Crippen molar-refractivity contribution in [1.82, 2.24) is 9.13 Å². The number of nitrogens with zero attached hydrogens (tertiary/aromatic N) is 2. The largest absolute Gasteiger partial charge is 0.497 e. The summed E-state index contributed by atoms with van der Waals surface area (Å²) in [5, 5.41) is 0.683. The Labute approximate surface area is 164 Å². The van der Waals surface area contributed by atoms with Crippen LogP contribution in [0.4, 0.5) is 13.2 Å². The molecule has 0 saturated heterocycles. The fourth-order valence-corrected chi connectivity index (χ4v) is 3.35. The molecule has 154 valence electrons. The Morgan fingerprint density at radius 3 is 2.48 bits per heavy atom. The van der Waals surface area contributed by atoms with E-state index in [1.165, 1.54) is 26.5 Å². The fraction of sp³-hybridized carbons (Fsp3) is 0.300. The van der Waals surface area contributed by atoms with Gasteiger partial charge in [0.05, 0.1) is 14.2 Å². The van der Waals surface area contributed by atoms with E-state index in [-0.39, 0.29) is 6.54 Å². The van der Waals surface area contributed by atoms with Gasteiger partial charge in [-0.3, -0.25) is 9.59 Å². The second-order valence-electron chi connectivity index (χ2n) is 6.50. The van der Waals surface area contributed by atoms with Crippen LogP contribution >= 0.6 is 0 Å². The molecule has 3 rings (SSSR count). The number of methoxy groups -OCH3 is 2. The maximum Gasteiger partial charge on any atom is 0.406 e. The number of halogens is 3. The smallest absolute Gasteiger partial charge is 0.406 e. The van der Waals surface area contributed by atoms with Crippen LogP contribution in [-0.2, 0) is 22.6 Å². The lowest BCUT2D eigenvalue weighted by molar-refractivity contribution is -0.142. The van der Waals surface area contributed by atoms with Gasteiger partial charge in [-0.25, -0.2) is 0 Å². The monoisotopic (exact) mass is 408 g/mol. The fourth-order valence-electron chi connectivity index (χ4n) is 3.35. The second kappa shape index (κ2) is 7.65. The SMILES string of the molecule is COC(=O)Cn1c(C)c(-c2ccc(=O)n(CC(F)(F)F)c2)c2cc(OC)ccc21. The van der Waals surface area contributed by atoms with E-state index in [4.69, 9.17) is 9.47 Å². The zero-order chi connectivity index (χ0) is 21.3. The highest BCUT2D eigenvalue weighted by Gasteiger charge is 2.28. The predicted octanol–water partition coefficient (Wildman–Crippen LogP) is 3.52. The molecular weight excluding hydrogens is 389 g/mol. The van der Waals surface area contributed by atoms with Gasteiger partial charge in [0.25, 0.3) is 5.56 Å². The Morgan fingerprint density at radius 2 is 1.86 bits per heavy atom. The lowest BCUT2D eigenvalue weighted by Crippen LogP contribution is -2.27. The molecule has 0 aliphatic heterocycles. The number of hydrogen-bond donors (Lipinski definition) is 0. The molecule has 0 atom stereocenters. The van der Waals surface area contributed by atoms with Gasteiger partial charge in [-0.05, 0) is 31.2 Å². The number of carbonyl (C=O) groups is 1. The number of hydrogen-bond acceptors (Lipinski definition) is 4. The van der Waals surface area contributed by atoms with Crippen LogP contribution in [0.5, 0.6) is 5.75 Å². The number of carbonyl (C=O) groups excluding carboxylic acids is 1. The molecule has 0 unspecified atom stereocenters. The Kier molecular flexibility index (Phi) is 5.41. The van der Waals surface area contributed by atoms with Crippen LogP contribution in [0.1, 0.15) is 5.69 Å². The van der Waals surface area contributed by atoms with E-state index in [0.29, 0.717) is 38.0 Å². The van der Waals surface area contributed by atoms with Crippen LogP contribution < -0.4 is 10.3 Å². The minimum Gasteiger partial charge on any atom is -0.497 e. The molecule has 9 heteroatoms. The van der Waals surface area contributed by atoms with Gasteiger partial charge in [0.2, 0.25) is 0 Å². The average Bonchev–Trinajstić information content (AvgIpc) is 2.93. The first-order valence-electron chi connectivity index (χ1n) is 8.66. The summed E-state index contributed by atoms with van der Waals surface area (Å²) in [4.78, 5) is 23.8. The van der Waals surface area contributed by atoms with Crippen molar-refractivity contribution in [3.63, 3.8) is 0 Å². The number of rotatable bonds is 5. The molecule has 1 aromatic carbocycles. The van der Waals surface area contributed by atoms with Gasteiger partial charge >= 0.3 is 12.1 Å². The molecule has 3 aromatic rings. The van der Waals surface area contributed by atoms with Gasteiger partial charge in [-0.15, -0.1) is 0 Å². The molecule has 0 spiro atoms. The van der Waals surface area contributed by atoms with Crippen molar-refractivity contribution in [3.05, 3.63) is 52.6 Å². The Morgan fingerprint density at radius 1 is 1.14 bits per heavy atom.